The molecule has 0 radical (unpaired) electrons. The van der Waals surface area contributed by atoms with Gasteiger partial charge in [-0.2, -0.15) is 0 Å². The number of likely N-dealkylation sites (N-methyl/N-ethyl adjacent to an activating group) is 1. The Morgan fingerprint density at radius 3 is 2.60 bits per heavy atom. The summed E-state index contributed by atoms with van der Waals surface area (Å²) in [4.78, 5) is 6.47. The predicted octanol–water partition coefficient (Wildman–Crippen LogP) is 4.78. The Hall–Kier alpha value is -1.32. The van der Waals surface area contributed by atoms with Gasteiger partial charge in [0.15, 0.2) is 0 Å². The molecule has 3 heteroatoms. The van der Waals surface area contributed by atoms with E-state index in [0.29, 0.717) is 17.0 Å². The van der Waals surface area contributed by atoms with E-state index in [1.165, 1.54) is 28.5 Å². The zero-order chi connectivity index (χ0) is 18.1. The molecule has 0 bridgehead atoms. The first-order valence-corrected chi connectivity index (χ1v) is 12.6. The third-order valence-electron chi connectivity index (χ3n) is 7.18. The van der Waals surface area contributed by atoms with Crippen LogP contribution in [0.2, 0.25) is 18.1 Å². The summed E-state index contributed by atoms with van der Waals surface area (Å²) in [6.07, 6.45) is 3.71. The van der Waals surface area contributed by atoms with Gasteiger partial charge >= 0.3 is 0 Å². The quantitative estimate of drug-likeness (QED) is 0.578. The molecule has 1 aromatic carbocycles. The normalized spacial score (nSPS) is 24.4. The molecule has 0 amide bonds. The number of hydrogen-bond acceptors (Lipinski definition) is 1. The smallest absolute Gasteiger partial charge is 0.107 e. The largest absolute Gasteiger partial charge is 0.362 e. The Morgan fingerprint density at radius 2 is 1.92 bits per heavy atom. The Morgan fingerprint density at radius 1 is 1.20 bits per heavy atom. The van der Waals surface area contributed by atoms with Crippen LogP contribution in [-0.2, 0) is 6.42 Å². The van der Waals surface area contributed by atoms with Crippen molar-refractivity contribution < 1.29 is 0 Å². The van der Waals surface area contributed by atoms with E-state index in [1.807, 2.05) is 0 Å². The SMILES string of the molecule is CC1=C[C@@H]2c3cccc4[nH]c([Si](C)(C)C(C)(C)C)c(c34)C[C@H]2N(C)C1. The summed E-state index contributed by atoms with van der Waals surface area (Å²) in [7, 11) is 0.703. The molecule has 0 unspecified atom stereocenters. The topological polar surface area (TPSA) is 19.0 Å². The summed E-state index contributed by atoms with van der Waals surface area (Å²) in [6, 6.07) is 7.49. The average Bonchev–Trinajstić information content (AvgIpc) is 2.88. The molecule has 0 saturated heterocycles. The van der Waals surface area contributed by atoms with Crippen molar-refractivity contribution in [2.75, 3.05) is 13.6 Å². The first-order chi connectivity index (χ1) is 11.6. The molecule has 1 N–H and O–H groups in total. The maximum absolute atomic E-state index is 3.90. The van der Waals surface area contributed by atoms with Crippen molar-refractivity contribution in [3.05, 3.63) is 41.0 Å². The molecule has 2 nitrogen and oxygen atoms in total. The maximum atomic E-state index is 3.90. The molecule has 1 aliphatic heterocycles. The molecular formula is C22H32N2Si. The van der Waals surface area contributed by atoms with Gasteiger partial charge in [0.05, 0.1) is 0 Å². The Balaban J connectivity index is 1.99. The lowest BCUT2D eigenvalue weighted by molar-refractivity contribution is 0.225. The van der Waals surface area contributed by atoms with Crippen LogP contribution in [0, 0.1) is 0 Å². The van der Waals surface area contributed by atoms with Crippen molar-refractivity contribution in [1.82, 2.24) is 9.88 Å². The molecule has 2 aromatic rings. The predicted molar refractivity (Wildman–Crippen MR) is 112 cm³/mol. The highest BCUT2D eigenvalue weighted by Gasteiger charge is 2.43. The second-order valence-corrected chi connectivity index (χ2v) is 15.1. The standard InChI is InChI=1S/C22H32N2Si/c1-14-11-16-15-9-8-10-18-20(15)17(12-19(16)24(5)13-14)21(23-18)25(6,7)22(2,3)4/h8-11,16,19,23H,12-13H2,1-7H3/t16-,19-/m1/s1. The van der Waals surface area contributed by atoms with Gasteiger partial charge in [-0.1, -0.05) is 57.6 Å². The zero-order valence-corrected chi connectivity index (χ0v) is 17.8. The number of fused-ring (bicyclic) bond motifs is 2. The monoisotopic (exact) mass is 352 g/mol. The van der Waals surface area contributed by atoms with E-state index in [9.17, 15) is 0 Å². The lowest BCUT2D eigenvalue weighted by Gasteiger charge is -2.42. The molecule has 0 fully saturated rings. The highest BCUT2D eigenvalue weighted by atomic mass is 28.3. The van der Waals surface area contributed by atoms with Crippen LogP contribution < -0.4 is 5.32 Å². The van der Waals surface area contributed by atoms with Crippen LogP contribution in [0.15, 0.2) is 29.8 Å². The Kier molecular flexibility index (Phi) is 3.65. The van der Waals surface area contributed by atoms with Gasteiger partial charge in [0, 0.05) is 34.7 Å². The minimum absolute atomic E-state index is 0.344. The second-order valence-electron chi connectivity index (χ2n) is 9.85. The van der Waals surface area contributed by atoms with E-state index in [0.717, 1.165) is 6.54 Å². The average molecular weight is 353 g/mol. The number of nitrogens with one attached hydrogen (secondary N) is 1. The summed E-state index contributed by atoms with van der Waals surface area (Å²) in [6.45, 7) is 15.7. The number of nitrogens with zero attached hydrogens (tertiary/aromatic N) is 1. The number of aromatic nitrogens is 1. The van der Waals surface area contributed by atoms with Crippen molar-refractivity contribution in [1.29, 1.82) is 0 Å². The van der Waals surface area contributed by atoms with Gasteiger partial charge in [0.2, 0.25) is 0 Å². The van der Waals surface area contributed by atoms with Crippen molar-refractivity contribution in [2.45, 2.75) is 64.2 Å². The lowest BCUT2D eigenvalue weighted by Crippen LogP contribution is -2.53. The number of benzene rings is 1. The van der Waals surface area contributed by atoms with E-state index in [1.54, 1.807) is 10.9 Å². The second kappa shape index (κ2) is 5.34. The third kappa shape index (κ3) is 2.39. The highest BCUT2D eigenvalue weighted by molar-refractivity contribution is 6.92. The van der Waals surface area contributed by atoms with Crippen LogP contribution in [0.25, 0.3) is 10.9 Å². The summed E-state index contributed by atoms with van der Waals surface area (Å²) >= 11 is 0. The summed E-state index contributed by atoms with van der Waals surface area (Å²) in [5.41, 5.74) is 6.02. The molecule has 134 valence electrons. The third-order valence-corrected chi connectivity index (χ3v) is 12.6. The van der Waals surface area contributed by atoms with Crippen LogP contribution in [-0.4, -0.2) is 37.6 Å². The van der Waals surface area contributed by atoms with Crippen LogP contribution in [0.1, 0.15) is 44.7 Å². The van der Waals surface area contributed by atoms with Gasteiger partial charge in [0.1, 0.15) is 8.07 Å². The van der Waals surface area contributed by atoms with Gasteiger partial charge < -0.3 is 4.98 Å². The van der Waals surface area contributed by atoms with Crippen molar-refractivity contribution in [3.63, 3.8) is 0 Å². The van der Waals surface area contributed by atoms with Gasteiger partial charge in [-0.05, 0) is 42.6 Å². The number of rotatable bonds is 1. The van der Waals surface area contributed by atoms with Gasteiger partial charge in [0.25, 0.3) is 0 Å². The van der Waals surface area contributed by atoms with Crippen LogP contribution in [0.3, 0.4) is 0 Å². The van der Waals surface area contributed by atoms with Crippen LogP contribution >= 0.6 is 0 Å². The van der Waals surface area contributed by atoms with Gasteiger partial charge in [-0.3, -0.25) is 4.90 Å². The molecule has 1 aliphatic carbocycles. The fourth-order valence-electron chi connectivity index (χ4n) is 4.78. The number of aromatic amines is 1. The van der Waals surface area contributed by atoms with Crippen molar-refractivity contribution >= 4 is 24.3 Å². The van der Waals surface area contributed by atoms with Crippen LogP contribution in [0.4, 0.5) is 0 Å². The molecule has 2 atom stereocenters. The molecule has 0 saturated carbocycles. The molecule has 0 spiro atoms. The lowest BCUT2D eigenvalue weighted by atomic mass is 9.77. The van der Waals surface area contributed by atoms with E-state index < -0.39 is 8.07 Å². The van der Waals surface area contributed by atoms with Crippen LogP contribution in [0.5, 0.6) is 0 Å². The molecule has 2 heterocycles. The molecule has 2 aliphatic rings. The number of hydrogen-bond donors (Lipinski definition) is 1. The van der Waals surface area contributed by atoms with E-state index in [4.69, 9.17) is 0 Å². The van der Waals surface area contributed by atoms with Gasteiger partial charge in [-0.15, -0.1) is 0 Å². The molecular weight excluding hydrogens is 320 g/mol. The van der Waals surface area contributed by atoms with Crippen molar-refractivity contribution in [2.24, 2.45) is 0 Å². The van der Waals surface area contributed by atoms with E-state index >= 15 is 0 Å². The van der Waals surface area contributed by atoms with E-state index in [-0.39, 0.29) is 0 Å². The molecule has 1 aromatic heterocycles. The Labute approximate surface area is 153 Å². The highest BCUT2D eigenvalue weighted by Crippen LogP contribution is 2.44. The minimum atomic E-state index is -1.60. The zero-order valence-electron chi connectivity index (χ0n) is 16.8. The molecule has 25 heavy (non-hydrogen) atoms. The molecule has 4 rings (SSSR count). The first kappa shape index (κ1) is 17.1. The summed E-state index contributed by atoms with van der Waals surface area (Å²) in [5.74, 6) is 0.540. The van der Waals surface area contributed by atoms with E-state index in [2.05, 4.69) is 82.0 Å². The fraction of sp³-hybridized carbons (Fsp3) is 0.545. The fourth-order valence-corrected chi connectivity index (χ4v) is 6.96. The summed E-state index contributed by atoms with van der Waals surface area (Å²) in [5, 5.41) is 3.46. The maximum Gasteiger partial charge on any atom is 0.107 e. The van der Waals surface area contributed by atoms with Gasteiger partial charge in [-0.25, -0.2) is 0 Å². The first-order valence-electron chi connectivity index (χ1n) is 9.63. The Bertz CT molecular complexity index is 866. The number of H-pyrrole nitrogens is 1. The summed E-state index contributed by atoms with van der Waals surface area (Å²) < 4.78 is 0. The minimum Gasteiger partial charge on any atom is -0.362 e. The van der Waals surface area contributed by atoms with Crippen molar-refractivity contribution in [3.8, 4) is 0 Å².